The summed E-state index contributed by atoms with van der Waals surface area (Å²) in [6, 6.07) is 64.0. The van der Waals surface area contributed by atoms with Crippen LogP contribution in [0.5, 0.6) is 11.5 Å². The number of hydrogen-bond donors (Lipinski definition) is 4. The fourth-order valence-corrected chi connectivity index (χ4v) is 12.3. The Kier molecular flexibility index (Phi) is 32.8. The summed E-state index contributed by atoms with van der Waals surface area (Å²) < 4.78 is 0. The molecule has 2 aromatic heterocycles. The van der Waals surface area contributed by atoms with Crippen molar-refractivity contribution in [3.8, 4) is 45.1 Å². The fraction of sp³-hybridized carbons (Fsp3) is 0.318. The molecule has 4 N–H and O–H groups in total. The SMILES string of the molecule is CC(C)(C)Cc1ccc(O)c(-c2cc3ccccc3cn2)c1.CC(C)CC(C)c1ccnc(-c2cc3ccccc3cc2O)c1.CCC(C)C(C=[N-])=CNc1[c-]cc2c(c1)-c1ccccc1C2(C)C.CCCC(C)c1ccc(Nc2[c-]ccc(C(C)CC)c2)c(C=[N-])c1.[Ir].[Ni].[Ni].[Pd+2]. The van der Waals surface area contributed by atoms with Gasteiger partial charge in [-0.05, 0) is 164 Å². The molecule has 0 aliphatic heterocycles. The molecule has 1 aliphatic rings. The summed E-state index contributed by atoms with van der Waals surface area (Å²) in [6.45, 7) is 31.0. The van der Waals surface area contributed by atoms with Crippen LogP contribution in [0.25, 0.3) is 66.0 Å². The fourth-order valence-electron chi connectivity index (χ4n) is 12.3. The van der Waals surface area contributed by atoms with E-state index in [0.29, 0.717) is 29.6 Å². The number of anilines is 3. The number of aromatic hydroxyl groups is 2. The van der Waals surface area contributed by atoms with E-state index in [4.69, 9.17) is 0 Å². The van der Waals surface area contributed by atoms with E-state index < -0.39 is 0 Å². The molecule has 0 bridgehead atoms. The standard InChI is InChI=1S/C22H24N2.C22H28N2.C21H23NO.C20H21NO.Ir.2Ni.Pd/c1-5-15(2)16(13-23)14-24-17-10-11-21-19(12-17)18-8-6-7-9-20(18)22(21,3)4;1-5-8-17(4)19-11-12-22(20(13-19)15-23)24-21-10-7-9-18(14-21)16(3)6-2;1-14(2)10-15(3)16-8-9-22-20(12-16)19-11-17-6-4-5-7-18(17)13-21(19)23;1-20(2,3)12-14-8-9-19(22)17(10-14)18-11-15-6-4-5-7-16(15)13-21-18;;;;/h6-9,11-15,24H,5H2,1-4H3;7,9,11-17,24H,5-6,8H2,1-4H3;4-9,11-15,23H,10H2,1-3H3;4-11,13,22H,12H2,1-3H3;;;;/q2*-2;;;;;;+2. The molecule has 8 nitrogen and oxygen atoms in total. The van der Waals surface area contributed by atoms with Crippen LogP contribution >= 0.6 is 0 Å². The molecule has 2 heterocycles. The van der Waals surface area contributed by atoms with Gasteiger partial charge in [0, 0.05) is 93.9 Å². The predicted molar refractivity (Wildman–Crippen MR) is 398 cm³/mol. The Labute approximate surface area is 627 Å². The number of pyridine rings is 2. The average molecular weight is 1650 g/mol. The first-order valence-electron chi connectivity index (χ1n) is 33.4. The van der Waals surface area contributed by atoms with E-state index in [9.17, 15) is 21.0 Å². The number of benzene rings is 8. The number of nitrogens with zero attached hydrogens (tertiary/aromatic N) is 4. The van der Waals surface area contributed by atoms with Crippen molar-refractivity contribution >= 4 is 51.0 Å². The van der Waals surface area contributed by atoms with E-state index in [1.807, 2.05) is 91.4 Å². The number of phenolic OH excluding ortho intramolecular Hbond substituents is 2. The minimum Gasteiger partial charge on any atom is -0.810 e. The Balaban J connectivity index is 0.000000271. The van der Waals surface area contributed by atoms with Crippen molar-refractivity contribution < 1.29 is 83.7 Å². The first-order valence-corrected chi connectivity index (χ1v) is 33.4. The van der Waals surface area contributed by atoms with Crippen LogP contribution in [0.2, 0.25) is 0 Å². The normalized spacial score (nSPS) is 13.0. The van der Waals surface area contributed by atoms with Crippen LogP contribution < -0.4 is 10.6 Å². The molecule has 0 saturated carbocycles. The van der Waals surface area contributed by atoms with Gasteiger partial charge in [0.05, 0.1) is 11.4 Å². The largest absolute Gasteiger partial charge is 2.00 e. The molecule has 1 radical (unpaired) electrons. The number of phenols is 2. The summed E-state index contributed by atoms with van der Waals surface area (Å²) in [5.74, 6) is 3.06. The molecule has 8 aromatic carbocycles. The van der Waals surface area contributed by atoms with Crippen molar-refractivity contribution in [2.24, 2.45) is 17.3 Å². The van der Waals surface area contributed by atoms with Gasteiger partial charge < -0.3 is 31.7 Å². The molecule has 1 aliphatic carbocycles. The Morgan fingerprint density at radius 1 is 0.598 bits per heavy atom. The molecule has 4 atom stereocenters. The van der Waals surface area contributed by atoms with E-state index in [-0.39, 0.29) is 95.8 Å². The van der Waals surface area contributed by atoms with Crippen molar-refractivity contribution in [3.05, 3.63) is 256 Å². The van der Waals surface area contributed by atoms with Crippen molar-refractivity contribution in [3.63, 3.8) is 0 Å². The minimum atomic E-state index is 0. The molecular weight excluding hydrogens is 1550 g/mol. The van der Waals surface area contributed by atoms with E-state index in [2.05, 4.69) is 221 Å². The molecular formula is C85H96IrN6Ni2O2Pd-2. The van der Waals surface area contributed by atoms with Crippen molar-refractivity contribution in [1.82, 2.24) is 9.97 Å². The summed E-state index contributed by atoms with van der Waals surface area (Å²) >= 11 is 0. The van der Waals surface area contributed by atoms with Crippen LogP contribution in [0.4, 0.5) is 17.1 Å². The summed E-state index contributed by atoms with van der Waals surface area (Å²) in [5, 5.41) is 50.7. The zero-order chi connectivity index (χ0) is 67.0. The van der Waals surface area contributed by atoms with Gasteiger partial charge in [-0.3, -0.25) is 9.97 Å². The topological polar surface area (TPSA) is 135 Å². The third-order valence-electron chi connectivity index (χ3n) is 18.0. The second-order valence-corrected chi connectivity index (χ2v) is 27.4. The van der Waals surface area contributed by atoms with E-state index in [0.717, 1.165) is 111 Å². The van der Waals surface area contributed by atoms with E-state index in [1.165, 1.54) is 56.9 Å². The zero-order valence-corrected chi connectivity index (χ0v) is 64.6. The summed E-state index contributed by atoms with van der Waals surface area (Å²) in [6.07, 6.45) is 14.5. The molecule has 0 spiro atoms. The minimum absolute atomic E-state index is 0. The van der Waals surface area contributed by atoms with Crippen LogP contribution in [0.15, 0.2) is 194 Å². The van der Waals surface area contributed by atoms with Gasteiger partial charge in [-0.15, -0.1) is 23.3 Å². The number of hydrogen-bond acceptors (Lipinski definition) is 6. The summed E-state index contributed by atoms with van der Waals surface area (Å²) in [4.78, 5) is 8.99. The molecule has 0 saturated heterocycles. The molecule has 97 heavy (non-hydrogen) atoms. The average Bonchev–Trinajstić information content (AvgIpc) is 1.59. The van der Waals surface area contributed by atoms with Gasteiger partial charge in [-0.25, -0.2) is 0 Å². The van der Waals surface area contributed by atoms with Gasteiger partial charge in [0.2, 0.25) is 0 Å². The van der Waals surface area contributed by atoms with Crippen LogP contribution in [-0.4, -0.2) is 32.6 Å². The van der Waals surface area contributed by atoms with Gasteiger partial charge >= 0.3 is 20.4 Å². The third-order valence-corrected chi connectivity index (χ3v) is 18.0. The smallest absolute Gasteiger partial charge is 0.810 e. The van der Waals surface area contributed by atoms with Gasteiger partial charge in [0.15, 0.2) is 0 Å². The van der Waals surface area contributed by atoms with Crippen LogP contribution in [0.3, 0.4) is 0 Å². The quantitative estimate of drug-likeness (QED) is 0.0362. The predicted octanol–water partition coefficient (Wildman–Crippen LogP) is 23.4. The van der Waals surface area contributed by atoms with E-state index >= 15 is 0 Å². The Morgan fingerprint density at radius 3 is 1.88 bits per heavy atom. The zero-order valence-electron chi connectivity index (χ0n) is 58.6. The number of nitrogens with one attached hydrogen (secondary N) is 2. The van der Waals surface area contributed by atoms with Crippen LogP contribution in [0, 0.1) is 29.4 Å². The molecule has 4 unspecified atom stereocenters. The number of fused-ring (bicyclic) bond motifs is 5. The van der Waals surface area contributed by atoms with Crippen molar-refractivity contribution in [2.45, 2.75) is 159 Å². The second kappa shape index (κ2) is 38.5. The molecule has 12 heteroatoms. The van der Waals surface area contributed by atoms with Gasteiger partial charge in [0.1, 0.15) is 11.5 Å². The second-order valence-electron chi connectivity index (χ2n) is 27.4. The molecule has 11 rings (SSSR count). The number of rotatable bonds is 19. The molecule has 10 aromatic rings. The number of allylic oxidation sites excluding steroid dienone is 1. The Morgan fingerprint density at radius 2 is 1.23 bits per heavy atom. The number of aromatic nitrogens is 2. The first-order chi connectivity index (χ1) is 44.5. The third kappa shape index (κ3) is 22.1. The van der Waals surface area contributed by atoms with Gasteiger partial charge in [-0.2, -0.15) is 48.3 Å². The monoisotopic (exact) mass is 1650 g/mol. The summed E-state index contributed by atoms with van der Waals surface area (Å²) in [5.41, 5.74) is 18.2. The summed E-state index contributed by atoms with van der Waals surface area (Å²) in [7, 11) is 0. The maximum Gasteiger partial charge on any atom is 2.00 e. The maximum atomic E-state index is 10.4. The van der Waals surface area contributed by atoms with Crippen molar-refractivity contribution in [2.75, 3.05) is 10.6 Å². The van der Waals surface area contributed by atoms with Gasteiger partial charge in [-0.1, -0.05) is 218 Å². The Hall–Kier alpha value is -6.84. The van der Waals surface area contributed by atoms with Gasteiger partial charge in [0.25, 0.3) is 0 Å². The van der Waals surface area contributed by atoms with Crippen LogP contribution in [0.1, 0.15) is 186 Å². The van der Waals surface area contributed by atoms with Crippen LogP contribution in [-0.2, 0) is 85.3 Å². The van der Waals surface area contributed by atoms with E-state index in [1.54, 1.807) is 6.07 Å². The van der Waals surface area contributed by atoms with Crippen molar-refractivity contribution in [1.29, 1.82) is 0 Å². The first kappa shape index (κ1) is 82.6. The Bertz CT molecular complexity index is 4220. The molecule has 0 fully saturated rings. The maximum absolute atomic E-state index is 10.4. The molecule has 0 amide bonds. The molecule has 519 valence electrons.